The lowest BCUT2D eigenvalue weighted by Crippen LogP contribution is -2.30. The first-order valence-electron chi connectivity index (χ1n) is 9.45. The Bertz CT molecular complexity index is 722. The Kier molecular flexibility index (Phi) is 7.03. The van der Waals surface area contributed by atoms with Gasteiger partial charge in [-0.1, -0.05) is 42.8 Å². The van der Waals surface area contributed by atoms with E-state index in [1.54, 1.807) is 11.3 Å². The third-order valence-electron chi connectivity index (χ3n) is 4.57. The lowest BCUT2D eigenvalue weighted by atomic mass is 10.0. The molecule has 5 nitrogen and oxygen atoms in total. The maximum atomic E-state index is 6.21. The van der Waals surface area contributed by atoms with Gasteiger partial charge in [-0.2, -0.15) is 0 Å². The number of aromatic nitrogens is 1. The molecule has 0 bridgehead atoms. The highest BCUT2D eigenvalue weighted by molar-refractivity contribution is 7.09. The van der Waals surface area contributed by atoms with E-state index >= 15 is 0 Å². The van der Waals surface area contributed by atoms with Crippen molar-refractivity contribution in [2.75, 3.05) is 13.1 Å². The molecule has 0 aliphatic carbocycles. The molecule has 1 saturated heterocycles. The van der Waals surface area contributed by atoms with Crippen molar-refractivity contribution < 1.29 is 4.84 Å². The Balaban J connectivity index is 1.60. The average molecular weight is 373 g/mol. The van der Waals surface area contributed by atoms with Crippen LogP contribution in [0.2, 0.25) is 0 Å². The van der Waals surface area contributed by atoms with Crippen LogP contribution in [0.15, 0.2) is 34.8 Å². The van der Waals surface area contributed by atoms with Gasteiger partial charge in [0, 0.05) is 17.5 Å². The largest absolute Gasteiger partial charge is 0.388 e. The fourth-order valence-corrected chi connectivity index (χ4v) is 4.11. The van der Waals surface area contributed by atoms with Crippen molar-refractivity contribution in [1.82, 2.24) is 9.88 Å². The van der Waals surface area contributed by atoms with E-state index in [1.165, 1.54) is 24.8 Å². The summed E-state index contributed by atoms with van der Waals surface area (Å²) in [6.07, 6.45) is 6.02. The number of hydrogen-bond acceptors (Lipinski definition) is 5. The molecule has 2 N–H and O–H groups in total. The number of benzene rings is 1. The molecule has 0 spiro atoms. The molecule has 0 saturated carbocycles. The van der Waals surface area contributed by atoms with E-state index in [4.69, 9.17) is 10.6 Å². The molecule has 0 unspecified atom stereocenters. The van der Waals surface area contributed by atoms with Crippen LogP contribution in [0, 0.1) is 0 Å². The third-order valence-corrected chi connectivity index (χ3v) is 5.53. The number of aryl methyl sites for hydroxylation is 1. The highest BCUT2D eigenvalue weighted by Gasteiger charge is 2.14. The summed E-state index contributed by atoms with van der Waals surface area (Å²) in [6, 6.07) is 8.20. The fraction of sp³-hybridized carbons (Fsp3) is 0.500. The molecule has 0 atom stereocenters. The van der Waals surface area contributed by atoms with Crippen LogP contribution < -0.4 is 5.73 Å². The van der Waals surface area contributed by atoms with E-state index in [9.17, 15) is 0 Å². The van der Waals surface area contributed by atoms with Gasteiger partial charge in [0.25, 0.3) is 0 Å². The number of likely N-dealkylation sites (tertiary alicyclic amines) is 1. The lowest BCUT2D eigenvalue weighted by molar-refractivity contribution is 0.128. The van der Waals surface area contributed by atoms with E-state index in [1.807, 2.05) is 17.5 Å². The summed E-state index contributed by atoms with van der Waals surface area (Å²) in [6.45, 7) is 5.75. The van der Waals surface area contributed by atoms with E-state index in [0.29, 0.717) is 12.4 Å². The molecule has 2 heterocycles. The van der Waals surface area contributed by atoms with Gasteiger partial charge in [0.05, 0.1) is 10.7 Å². The van der Waals surface area contributed by atoms with Crippen molar-refractivity contribution >= 4 is 17.2 Å². The molecule has 1 aliphatic heterocycles. The van der Waals surface area contributed by atoms with Gasteiger partial charge in [0.15, 0.2) is 12.4 Å². The Morgan fingerprint density at radius 1 is 1.27 bits per heavy atom. The first-order chi connectivity index (χ1) is 12.8. The lowest BCUT2D eigenvalue weighted by Gasteiger charge is -2.27. The van der Waals surface area contributed by atoms with Crippen LogP contribution in [-0.2, 0) is 24.4 Å². The maximum Gasteiger partial charge on any atom is 0.170 e. The van der Waals surface area contributed by atoms with Crippen LogP contribution in [0.4, 0.5) is 0 Å². The van der Waals surface area contributed by atoms with E-state index < -0.39 is 0 Å². The standard InChI is InChI=1S/C20H28N4OS/c1-2-8-19-22-17(15-26-19)14-25-23-20(21)18-10-5-4-9-16(18)13-24-11-6-3-7-12-24/h4-5,9-10,15H,2-3,6-8,11-14H2,1H3,(H2,21,23). The predicted octanol–water partition coefficient (Wildman–Crippen LogP) is 3.92. The Morgan fingerprint density at radius 2 is 2.08 bits per heavy atom. The van der Waals surface area contributed by atoms with Crippen LogP contribution in [0.3, 0.4) is 0 Å². The number of nitrogens with zero attached hydrogens (tertiary/aromatic N) is 3. The smallest absolute Gasteiger partial charge is 0.170 e. The highest BCUT2D eigenvalue weighted by atomic mass is 32.1. The SMILES string of the molecule is CCCc1nc(CO/N=C(/N)c2ccccc2CN2CCCCC2)cs1. The van der Waals surface area contributed by atoms with Crippen LogP contribution in [0.25, 0.3) is 0 Å². The van der Waals surface area contributed by atoms with Crippen molar-refractivity contribution in [2.45, 2.75) is 52.2 Å². The van der Waals surface area contributed by atoms with Gasteiger partial charge in [0.1, 0.15) is 0 Å². The van der Waals surface area contributed by atoms with Crippen molar-refractivity contribution in [2.24, 2.45) is 10.9 Å². The average Bonchev–Trinajstić information content (AvgIpc) is 3.11. The molecule has 3 rings (SSSR count). The molecule has 1 aromatic heterocycles. The molecule has 0 radical (unpaired) electrons. The molecule has 0 amide bonds. The van der Waals surface area contributed by atoms with Crippen molar-refractivity contribution in [3.05, 3.63) is 51.5 Å². The monoisotopic (exact) mass is 372 g/mol. The Morgan fingerprint density at radius 3 is 2.88 bits per heavy atom. The second-order valence-corrected chi connectivity index (χ2v) is 7.67. The molecule has 1 fully saturated rings. The fourth-order valence-electron chi connectivity index (χ4n) is 3.23. The van der Waals surface area contributed by atoms with Crippen LogP contribution >= 0.6 is 11.3 Å². The van der Waals surface area contributed by atoms with E-state index in [2.05, 4.69) is 34.1 Å². The molecule has 26 heavy (non-hydrogen) atoms. The third kappa shape index (κ3) is 5.29. The van der Waals surface area contributed by atoms with Crippen molar-refractivity contribution in [1.29, 1.82) is 0 Å². The number of thiazole rings is 1. The van der Waals surface area contributed by atoms with Crippen molar-refractivity contribution in [3.8, 4) is 0 Å². The van der Waals surface area contributed by atoms with Gasteiger partial charge in [0.2, 0.25) is 0 Å². The summed E-state index contributed by atoms with van der Waals surface area (Å²) in [5.41, 5.74) is 9.29. The first kappa shape index (κ1) is 18.9. The highest BCUT2D eigenvalue weighted by Crippen LogP contribution is 2.17. The van der Waals surface area contributed by atoms with Gasteiger partial charge < -0.3 is 10.6 Å². The zero-order valence-electron chi connectivity index (χ0n) is 15.5. The van der Waals surface area contributed by atoms with E-state index in [0.717, 1.165) is 48.7 Å². The number of amidine groups is 1. The summed E-state index contributed by atoms with van der Waals surface area (Å²) >= 11 is 1.67. The van der Waals surface area contributed by atoms with Gasteiger partial charge in [-0.05, 0) is 44.3 Å². The minimum absolute atomic E-state index is 0.356. The summed E-state index contributed by atoms with van der Waals surface area (Å²) in [5.74, 6) is 0.432. The number of hydrogen-bond donors (Lipinski definition) is 1. The molecular weight excluding hydrogens is 344 g/mol. The Labute approximate surface area is 159 Å². The zero-order valence-corrected chi connectivity index (χ0v) is 16.3. The summed E-state index contributed by atoms with van der Waals surface area (Å²) < 4.78 is 0. The number of nitrogens with two attached hydrogens (primary N) is 1. The second kappa shape index (κ2) is 9.69. The summed E-state index contributed by atoms with van der Waals surface area (Å²) in [5, 5.41) is 7.32. The maximum absolute atomic E-state index is 6.21. The number of piperidine rings is 1. The van der Waals surface area contributed by atoms with Crippen LogP contribution in [-0.4, -0.2) is 28.8 Å². The number of oxime groups is 1. The minimum Gasteiger partial charge on any atom is -0.388 e. The van der Waals surface area contributed by atoms with Crippen molar-refractivity contribution in [3.63, 3.8) is 0 Å². The Hall–Kier alpha value is -1.92. The molecular formula is C20H28N4OS. The molecule has 140 valence electrons. The van der Waals surface area contributed by atoms with Crippen LogP contribution in [0.5, 0.6) is 0 Å². The van der Waals surface area contributed by atoms with E-state index in [-0.39, 0.29) is 0 Å². The van der Waals surface area contributed by atoms with Gasteiger partial charge >= 0.3 is 0 Å². The quantitative estimate of drug-likeness (QED) is 0.433. The van der Waals surface area contributed by atoms with Crippen LogP contribution in [0.1, 0.15) is 54.4 Å². The molecule has 1 aliphatic rings. The van der Waals surface area contributed by atoms with Gasteiger partial charge in [-0.3, -0.25) is 4.90 Å². The molecule has 6 heteroatoms. The second-order valence-electron chi connectivity index (χ2n) is 6.73. The minimum atomic E-state index is 0.356. The normalized spacial score (nSPS) is 16.0. The summed E-state index contributed by atoms with van der Waals surface area (Å²) in [7, 11) is 0. The predicted molar refractivity (Wildman–Crippen MR) is 107 cm³/mol. The first-order valence-corrected chi connectivity index (χ1v) is 10.3. The van der Waals surface area contributed by atoms with Gasteiger partial charge in [-0.15, -0.1) is 11.3 Å². The summed E-state index contributed by atoms with van der Waals surface area (Å²) in [4.78, 5) is 12.5. The topological polar surface area (TPSA) is 63.7 Å². The molecule has 1 aromatic carbocycles. The zero-order chi connectivity index (χ0) is 18.2. The molecule has 2 aromatic rings. The van der Waals surface area contributed by atoms with Gasteiger partial charge in [-0.25, -0.2) is 4.98 Å². The number of rotatable bonds is 8.